The van der Waals surface area contributed by atoms with E-state index in [4.69, 9.17) is 5.11 Å². The maximum absolute atomic E-state index is 11.0. The Balaban J connectivity index is 2.95. The van der Waals surface area contributed by atoms with Gasteiger partial charge in [-0.25, -0.2) is 0 Å². The molecule has 0 aromatic heterocycles. The summed E-state index contributed by atoms with van der Waals surface area (Å²) in [5.41, 5.74) is 1.65. The number of benzene rings is 1. The Bertz CT molecular complexity index is 336. The molecule has 0 aliphatic carbocycles. The number of hydrogen-bond acceptors (Lipinski definition) is 3. The van der Waals surface area contributed by atoms with Crippen molar-refractivity contribution in [2.45, 2.75) is 26.3 Å². The number of para-hydroxylation sites is 1. The summed E-state index contributed by atoms with van der Waals surface area (Å²) in [6.45, 7) is 5.10. The van der Waals surface area contributed by atoms with Crippen LogP contribution in [0.5, 0.6) is 0 Å². The number of anilines is 1. The molecule has 0 bridgehead atoms. The Labute approximate surface area is 96.7 Å². The highest BCUT2D eigenvalue weighted by atomic mass is 16.3. The maximum Gasteiger partial charge on any atom is 0.152 e. The largest absolute Gasteiger partial charge is 0.396 e. The normalized spacial score (nSPS) is 10.5. The van der Waals surface area contributed by atoms with Crippen LogP contribution in [-0.2, 0) is 0 Å². The van der Waals surface area contributed by atoms with E-state index in [9.17, 15) is 4.79 Å². The summed E-state index contributed by atoms with van der Waals surface area (Å²) in [4.78, 5) is 13.1. The fourth-order valence-corrected chi connectivity index (χ4v) is 1.75. The molecule has 1 aromatic rings. The number of aliphatic hydroxyl groups is 1. The van der Waals surface area contributed by atoms with Gasteiger partial charge in [0.1, 0.15) is 0 Å². The lowest BCUT2D eigenvalue weighted by Crippen LogP contribution is -2.32. The standard InChI is InChI=1S/C13H19NO2/c1-11(2)14(8-5-9-15)13-7-4-3-6-12(13)10-16/h3-4,6-7,10-11,15H,5,8-9H2,1-2H3. The molecule has 0 saturated carbocycles. The maximum atomic E-state index is 11.0. The van der Waals surface area contributed by atoms with Crippen molar-refractivity contribution >= 4 is 12.0 Å². The van der Waals surface area contributed by atoms with E-state index in [1.165, 1.54) is 0 Å². The van der Waals surface area contributed by atoms with Crippen LogP contribution in [0.1, 0.15) is 30.6 Å². The van der Waals surface area contributed by atoms with Crippen LogP contribution in [-0.4, -0.2) is 30.6 Å². The van der Waals surface area contributed by atoms with Gasteiger partial charge in [-0.1, -0.05) is 12.1 Å². The summed E-state index contributed by atoms with van der Waals surface area (Å²) in [5.74, 6) is 0. The molecule has 0 fully saturated rings. The zero-order valence-electron chi connectivity index (χ0n) is 9.89. The van der Waals surface area contributed by atoms with Gasteiger partial charge in [-0.05, 0) is 32.4 Å². The number of rotatable bonds is 6. The molecule has 88 valence electrons. The second-order valence-electron chi connectivity index (χ2n) is 4.04. The van der Waals surface area contributed by atoms with Crippen molar-refractivity contribution in [3.63, 3.8) is 0 Å². The first-order valence-electron chi connectivity index (χ1n) is 5.62. The minimum atomic E-state index is 0.173. The van der Waals surface area contributed by atoms with E-state index in [2.05, 4.69) is 18.7 Å². The van der Waals surface area contributed by atoms with Crippen molar-refractivity contribution in [1.82, 2.24) is 0 Å². The van der Waals surface area contributed by atoms with Crippen LogP contribution in [0.4, 0.5) is 5.69 Å². The predicted molar refractivity (Wildman–Crippen MR) is 66.0 cm³/mol. The zero-order chi connectivity index (χ0) is 12.0. The Morgan fingerprint density at radius 3 is 2.62 bits per heavy atom. The quantitative estimate of drug-likeness (QED) is 0.748. The van der Waals surface area contributed by atoms with Crippen molar-refractivity contribution in [2.24, 2.45) is 0 Å². The van der Waals surface area contributed by atoms with Crippen molar-refractivity contribution in [3.05, 3.63) is 29.8 Å². The zero-order valence-corrected chi connectivity index (χ0v) is 9.89. The van der Waals surface area contributed by atoms with E-state index in [0.717, 1.165) is 18.5 Å². The molecule has 0 amide bonds. The van der Waals surface area contributed by atoms with Crippen LogP contribution < -0.4 is 4.90 Å². The van der Waals surface area contributed by atoms with Crippen LogP contribution in [0, 0.1) is 0 Å². The monoisotopic (exact) mass is 221 g/mol. The molecule has 0 aliphatic rings. The van der Waals surface area contributed by atoms with Gasteiger partial charge in [0, 0.05) is 30.4 Å². The fourth-order valence-electron chi connectivity index (χ4n) is 1.75. The molecular formula is C13H19NO2. The van der Waals surface area contributed by atoms with E-state index >= 15 is 0 Å². The number of carbonyl (C=O) groups excluding carboxylic acids is 1. The Hall–Kier alpha value is -1.35. The van der Waals surface area contributed by atoms with Gasteiger partial charge >= 0.3 is 0 Å². The molecule has 3 nitrogen and oxygen atoms in total. The minimum absolute atomic E-state index is 0.173. The second kappa shape index (κ2) is 6.28. The Kier molecular flexibility index (Phi) is 4.99. The minimum Gasteiger partial charge on any atom is -0.396 e. The number of carbonyl (C=O) groups is 1. The third kappa shape index (κ3) is 3.07. The van der Waals surface area contributed by atoms with Gasteiger partial charge in [-0.2, -0.15) is 0 Å². The van der Waals surface area contributed by atoms with Gasteiger partial charge in [0.15, 0.2) is 6.29 Å². The average molecular weight is 221 g/mol. The van der Waals surface area contributed by atoms with E-state index in [1.54, 1.807) is 0 Å². The number of nitrogens with zero attached hydrogens (tertiary/aromatic N) is 1. The first-order chi connectivity index (χ1) is 7.70. The highest BCUT2D eigenvalue weighted by Crippen LogP contribution is 2.21. The van der Waals surface area contributed by atoms with Crippen molar-refractivity contribution in [3.8, 4) is 0 Å². The van der Waals surface area contributed by atoms with Gasteiger partial charge in [0.2, 0.25) is 0 Å². The lowest BCUT2D eigenvalue weighted by atomic mass is 10.1. The highest BCUT2D eigenvalue weighted by molar-refractivity contribution is 5.84. The van der Waals surface area contributed by atoms with Crippen LogP contribution in [0.2, 0.25) is 0 Å². The smallest absolute Gasteiger partial charge is 0.152 e. The summed E-state index contributed by atoms with van der Waals surface area (Å²) >= 11 is 0. The van der Waals surface area contributed by atoms with Gasteiger partial charge in [-0.3, -0.25) is 4.79 Å². The summed E-state index contributed by atoms with van der Waals surface area (Å²) in [6, 6.07) is 7.86. The summed E-state index contributed by atoms with van der Waals surface area (Å²) in [7, 11) is 0. The van der Waals surface area contributed by atoms with E-state index in [1.807, 2.05) is 24.3 Å². The van der Waals surface area contributed by atoms with E-state index in [0.29, 0.717) is 18.0 Å². The van der Waals surface area contributed by atoms with Crippen molar-refractivity contribution in [2.75, 3.05) is 18.1 Å². The molecule has 0 saturated heterocycles. The topological polar surface area (TPSA) is 40.5 Å². The first-order valence-corrected chi connectivity index (χ1v) is 5.62. The molecule has 3 heteroatoms. The number of aldehydes is 1. The second-order valence-corrected chi connectivity index (χ2v) is 4.04. The van der Waals surface area contributed by atoms with Gasteiger partial charge in [0.25, 0.3) is 0 Å². The Morgan fingerprint density at radius 2 is 2.06 bits per heavy atom. The van der Waals surface area contributed by atoms with Crippen LogP contribution in [0.25, 0.3) is 0 Å². The fraction of sp³-hybridized carbons (Fsp3) is 0.462. The Morgan fingerprint density at radius 1 is 1.38 bits per heavy atom. The third-order valence-electron chi connectivity index (χ3n) is 2.55. The SMILES string of the molecule is CC(C)N(CCCO)c1ccccc1C=O. The number of aliphatic hydroxyl groups excluding tert-OH is 1. The summed E-state index contributed by atoms with van der Waals surface area (Å²) < 4.78 is 0. The summed E-state index contributed by atoms with van der Waals surface area (Å²) in [6.07, 6.45) is 1.59. The van der Waals surface area contributed by atoms with Crippen LogP contribution >= 0.6 is 0 Å². The molecule has 0 unspecified atom stereocenters. The van der Waals surface area contributed by atoms with E-state index in [-0.39, 0.29) is 6.61 Å². The van der Waals surface area contributed by atoms with Crippen molar-refractivity contribution in [1.29, 1.82) is 0 Å². The molecule has 16 heavy (non-hydrogen) atoms. The van der Waals surface area contributed by atoms with Crippen LogP contribution in [0.15, 0.2) is 24.3 Å². The molecule has 1 rings (SSSR count). The molecular weight excluding hydrogens is 202 g/mol. The van der Waals surface area contributed by atoms with Crippen LogP contribution in [0.3, 0.4) is 0 Å². The van der Waals surface area contributed by atoms with Gasteiger partial charge in [-0.15, -0.1) is 0 Å². The molecule has 1 aromatic carbocycles. The molecule has 1 N–H and O–H groups in total. The van der Waals surface area contributed by atoms with Gasteiger partial charge < -0.3 is 10.0 Å². The highest BCUT2D eigenvalue weighted by Gasteiger charge is 2.12. The van der Waals surface area contributed by atoms with E-state index < -0.39 is 0 Å². The first kappa shape index (κ1) is 12.7. The average Bonchev–Trinajstić information content (AvgIpc) is 2.29. The predicted octanol–water partition coefficient (Wildman–Crippen LogP) is 2.10. The number of hydrogen-bond donors (Lipinski definition) is 1. The summed E-state index contributed by atoms with van der Waals surface area (Å²) in [5, 5.41) is 8.87. The van der Waals surface area contributed by atoms with Gasteiger partial charge in [0.05, 0.1) is 0 Å². The molecule has 0 atom stereocenters. The molecule has 0 heterocycles. The lowest BCUT2D eigenvalue weighted by Gasteiger charge is -2.29. The molecule has 0 spiro atoms. The third-order valence-corrected chi connectivity index (χ3v) is 2.55. The van der Waals surface area contributed by atoms with Crippen molar-refractivity contribution < 1.29 is 9.90 Å². The molecule has 0 radical (unpaired) electrons. The lowest BCUT2D eigenvalue weighted by molar-refractivity contribution is 0.112. The molecule has 0 aliphatic heterocycles.